The van der Waals surface area contributed by atoms with Gasteiger partial charge in [-0.1, -0.05) is 12.1 Å². The van der Waals surface area contributed by atoms with Crippen LogP contribution in [0.15, 0.2) is 30.3 Å². The van der Waals surface area contributed by atoms with Gasteiger partial charge in [0.25, 0.3) is 0 Å². The molecule has 0 bridgehead atoms. The van der Waals surface area contributed by atoms with Crippen molar-refractivity contribution >= 4 is 6.03 Å². The van der Waals surface area contributed by atoms with Crippen LogP contribution in [0.25, 0.3) is 0 Å². The first kappa shape index (κ1) is 19.4. The Bertz CT molecular complexity index is 765. The van der Waals surface area contributed by atoms with Crippen molar-refractivity contribution in [3.8, 4) is 0 Å². The molecule has 1 N–H and O–H groups in total. The number of likely N-dealkylation sites (tertiary alicyclic amines) is 1. The average Bonchev–Trinajstić information content (AvgIpc) is 2.96. The Labute approximate surface area is 160 Å². The van der Waals surface area contributed by atoms with Gasteiger partial charge in [-0.05, 0) is 69.2 Å². The van der Waals surface area contributed by atoms with E-state index in [1.165, 1.54) is 6.07 Å². The molecule has 1 aliphatic heterocycles. The van der Waals surface area contributed by atoms with Crippen molar-refractivity contribution in [1.82, 2.24) is 20.0 Å². The first-order valence-electron chi connectivity index (χ1n) is 9.79. The fourth-order valence-electron chi connectivity index (χ4n) is 3.77. The summed E-state index contributed by atoms with van der Waals surface area (Å²) in [5.74, 6) is 0.339. The maximum atomic E-state index is 13.3. The van der Waals surface area contributed by atoms with Gasteiger partial charge >= 0.3 is 6.03 Å². The molecule has 1 aromatic carbocycles. The molecule has 0 aliphatic carbocycles. The lowest BCUT2D eigenvalue weighted by molar-refractivity contribution is 0.170. The van der Waals surface area contributed by atoms with E-state index in [2.05, 4.69) is 16.5 Å². The summed E-state index contributed by atoms with van der Waals surface area (Å²) in [6.07, 6.45) is 3.69. The van der Waals surface area contributed by atoms with Crippen LogP contribution < -0.4 is 5.32 Å². The summed E-state index contributed by atoms with van der Waals surface area (Å²) in [6, 6.07) is 8.91. The minimum absolute atomic E-state index is 0.0209. The SMILES string of the molecule is Cc1cc(C)n(CCCNC(=O)N2CCC(Cc3cccc(F)c3)CC2)n1. The Morgan fingerprint density at radius 3 is 2.70 bits per heavy atom. The zero-order valence-electron chi connectivity index (χ0n) is 16.2. The number of piperidine rings is 1. The Morgan fingerprint density at radius 2 is 2.04 bits per heavy atom. The summed E-state index contributed by atoms with van der Waals surface area (Å²) in [5.41, 5.74) is 3.22. The summed E-state index contributed by atoms with van der Waals surface area (Å²) in [4.78, 5) is 14.2. The lowest BCUT2D eigenvalue weighted by Crippen LogP contribution is -2.45. The first-order valence-corrected chi connectivity index (χ1v) is 9.79. The van der Waals surface area contributed by atoms with Gasteiger partial charge in [0.05, 0.1) is 5.69 Å². The number of urea groups is 1. The number of nitrogens with zero attached hydrogens (tertiary/aromatic N) is 3. The van der Waals surface area contributed by atoms with E-state index in [1.807, 2.05) is 29.5 Å². The lowest BCUT2D eigenvalue weighted by Gasteiger charge is -2.32. The van der Waals surface area contributed by atoms with Crippen LogP contribution in [0.2, 0.25) is 0 Å². The monoisotopic (exact) mass is 372 g/mol. The summed E-state index contributed by atoms with van der Waals surface area (Å²) in [7, 11) is 0. The van der Waals surface area contributed by atoms with E-state index in [9.17, 15) is 9.18 Å². The smallest absolute Gasteiger partial charge is 0.317 e. The number of hydrogen-bond donors (Lipinski definition) is 1. The molecule has 3 rings (SSSR count). The zero-order chi connectivity index (χ0) is 19.2. The molecule has 1 aromatic heterocycles. The fourth-order valence-corrected chi connectivity index (χ4v) is 3.77. The third-order valence-electron chi connectivity index (χ3n) is 5.24. The highest BCUT2D eigenvalue weighted by Gasteiger charge is 2.22. The lowest BCUT2D eigenvalue weighted by atomic mass is 9.90. The molecule has 2 amide bonds. The van der Waals surface area contributed by atoms with Crippen LogP contribution in [-0.2, 0) is 13.0 Å². The van der Waals surface area contributed by atoms with Gasteiger partial charge in [0.15, 0.2) is 0 Å². The highest BCUT2D eigenvalue weighted by Crippen LogP contribution is 2.22. The molecular formula is C21H29FN4O. The minimum Gasteiger partial charge on any atom is -0.338 e. The number of nitrogens with one attached hydrogen (secondary N) is 1. The van der Waals surface area contributed by atoms with E-state index >= 15 is 0 Å². The molecule has 146 valence electrons. The van der Waals surface area contributed by atoms with Gasteiger partial charge in [0.2, 0.25) is 0 Å². The molecule has 0 atom stereocenters. The Kier molecular flexibility index (Phi) is 6.48. The van der Waals surface area contributed by atoms with Crippen LogP contribution in [0, 0.1) is 25.6 Å². The summed E-state index contributed by atoms with van der Waals surface area (Å²) in [6.45, 7) is 7.04. The Balaban J connectivity index is 1.35. The van der Waals surface area contributed by atoms with Crippen molar-refractivity contribution in [2.45, 2.75) is 46.1 Å². The molecule has 0 unspecified atom stereocenters. The van der Waals surface area contributed by atoms with Gasteiger partial charge < -0.3 is 10.2 Å². The van der Waals surface area contributed by atoms with Crippen LogP contribution in [0.1, 0.15) is 36.2 Å². The molecule has 1 saturated heterocycles. The molecule has 0 saturated carbocycles. The van der Waals surface area contributed by atoms with Crippen LogP contribution in [0.4, 0.5) is 9.18 Å². The van der Waals surface area contributed by atoms with E-state index in [4.69, 9.17) is 0 Å². The number of aryl methyl sites for hydroxylation is 3. The molecule has 5 nitrogen and oxygen atoms in total. The van der Waals surface area contributed by atoms with Gasteiger partial charge in [-0.2, -0.15) is 5.10 Å². The van der Waals surface area contributed by atoms with Crippen molar-refractivity contribution in [3.05, 3.63) is 53.1 Å². The molecule has 0 spiro atoms. The van der Waals surface area contributed by atoms with E-state index < -0.39 is 0 Å². The third-order valence-corrected chi connectivity index (χ3v) is 5.24. The largest absolute Gasteiger partial charge is 0.338 e. The van der Waals surface area contributed by atoms with E-state index in [-0.39, 0.29) is 11.8 Å². The second-order valence-corrected chi connectivity index (χ2v) is 7.50. The highest BCUT2D eigenvalue weighted by atomic mass is 19.1. The topological polar surface area (TPSA) is 50.2 Å². The normalized spacial score (nSPS) is 15.1. The molecule has 6 heteroatoms. The second-order valence-electron chi connectivity index (χ2n) is 7.50. The Hall–Kier alpha value is -2.37. The van der Waals surface area contributed by atoms with Crippen LogP contribution in [-0.4, -0.2) is 40.3 Å². The van der Waals surface area contributed by atoms with Crippen LogP contribution in [0.5, 0.6) is 0 Å². The van der Waals surface area contributed by atoms with Gasteiger partial charge in [-0.15, -0.1) is 0 Å². The number of amides is 2. The summed E-state index contributed by atoms with van der Waals surface area (Å²) >= 11 is 0. The quantitative estimate of drug-likeness (QED) is 0.786. The predicted octanol–water partition coefficient (Wildman–Crippen LogP) is 3.69. The van der Waals surface area contributed by atoms with E-state index in [1.54, 1.807) is 12.1 Å². The zero-order valence-corrected chi connectivity index (χ0v) is 16.2. The second kappa shape index (κ2) is 9.02. The number of hydrogen-bond acceptors (Lipinski definition) is 2. The number of halogens is 1. The highest BCUT2D eigenvalue weighted by molar-refractivity contribution is 5.74. The van der Waals surface area contributed by atoms with Crippen LogP contribution in [0.3, 0.4) is 0 Å². The van der Waals surface area contributed by atoms with E-state index in [0.717, 1.165) is 62.3 Å². The van der Waals surface area contributed by atoms with Crippen molar-refractivity contribution in [3.63, 3.8) is 0 Å². The van der Waals surface area contributed by atoms with Crippen molar-refractivity contribution in [2.24, 2.45) is 5.92 Å². The van der Waals surface area contributed by atoms with Gasteiger partial charge in [0.1, 0.15) is 5.82 Å². The molecule has 2 heterocycles. The minimum atomic E-state index is -0.176. The number of carbonyl (C=O) groups excluding carboxylic acids is 1. The summed E-state index contributed by atoms with van der Waals surface area (Å²) in [5, 5.41) is 7.45. The fraction of sp³-hybridized carbons (Fsp3) is 0.524. The van der Waals surface area contributed by atoms with Crippen LogP contribution >= 0.6 is 0 Å². The Morgan fingerprint density at radius 1 is 1.26 bits per heavy atom. The summed E-state index contributed by atoms with van der Waals surface area (Å²) < 4.78 is 15.3. The third kappa shape index (κ3) is 5.55. The molecular weight excluding hydrogens is 343 g/mol. The standard InChI is InChI=1S/C21H29FN4O/c1-16-13-17(2)26(24-16)10-4-9-23-21(27)25-11-7-18(8-12-25)14-19-5-3-6-20(22)15-19/h3,5-6,13,15,18H,4,7-12,14H2,1-2H3,(H,23,27). The molecule has 1 aliphatic rings. The van der Waals surface area contributed by atoms with Gasteiger partial charge in [-0.3, -0.25) is 4.68 Å². The van der Waals surface area contributed by atoms with Crippen molar-refractivity contribution in [2.75, 3.05) is 19.6 Å². The van der Waals surface area contributed by atoms with Crippen molar-refractivity contribution in [1.29, 1.82) is 0 Å². The van der Waals surface area contributed by atoms with Crippen molar-refractivity contribution < 1.29 is 9.18 Å². The number of aromatic nitrogens is 2. The molecule has 0 radical (unpaired) electrons. The molecule has 27 heavy (non-hydrogen) atoms. The van der Waals surface area contributed by atoms with Gasteiger partial charge in [0, 0.05) is 31.9 Å². The number of benzene rings is 1. The number of rotatable bonds is 6. The maximum Gasteiger partial charge on any atom is 0.317 e. The predicted molar refractivity (Wildman–Crippen MR) is 104 cm³/mol. The average molecular weight is 372 g/mol. The molecule has 2 aromatic rings. The van der Waals surface area contributed by atoms with E-state index in [0.29, 0.717) is 12.5 Å². The first-order chi connectivity index (χ1) is 13.0. The number of carbonyl (C=O) groups is 1. The van der Waals surface area contributed by atoms with Gasteiger partial charge in [-0.25, -0.2) is 9.18 Å². The maximum absolute atomic E-state index is 13.3. The molecule has 1 fully saturated rings.